The lowest BCUT2D eigenvalue weighted by Crippen LogP contribution is -2.81. The molecule has 16 heteroatoms. The van der Waals surface area contributed by atoms with E-state index in [1.165, 1.54) is 53.0 Å². The number of carbonyl (C=O) groups excluding carboxylic acids is 5. The maximum atomic E-state index is 15.0. The molecule has 16 nitrogen and oxygen atoms in total. The number of alkyl carbamates (subject to hydrolysis) is 1. The number of ether oxygens (including phenoxy) is 6. The van der Waals surface area contributed by atoms with Crippen molar-refractivity contribution in [3.8, 4) is 5.75 Å². The van der Waals surface area contributed by atoms with E-state index in [1.54, 1.807) is 57.2 Å². The zero-order valence-electron chi connectivity index (χ0n) is 35.2. The number of hydrogen-bond acceptors (Lipinski definition) is 15. The monoisotopic (exact) mass is 837 g/mol. The fraction of sp³-hybridized carbons (Fsp3) is 0.568. The van der Waals surface area contributed by atoms with E-state index in [4.69, 9.17) is 28.4 Å². The van der Waals surface area contributed by atoms with Crippen LogP contribution in [0.25, 0.3) is 0 Å². The summed E-state index contributed by atoms with van der Waals surface area (Å²) in [7, 11) is 1.37. The highest BCUT2D eigenvalue weighted by molar-refractivity contribution is 5.94. The predicted molar refractivity (Wildman–Crippen MR) is 210 cm³/mol. The van der Waals surface area contributed by atoms with Gasteiger partial charge in [0, 0.05) is 30.7 Å². The topological polar surface area (TPSA) is 234 Å². The summed E-state index contributed by atoms with van der Waals surface area (Å²) in [5, 5.41) is 51.8. The van der Waals surface area contributed by atoms with Gasteiger partial charge in [-0.2, -0.15) is 0 Å². The predicted octanol–water partition coefficient (Wildman–Crippen LogP) is 3.27. The van der Waals surface area contributed by atoms with Gasteiger partial charge in [-0.05, 0) is 64.0 Å². The van der Waals surface area contributed by atoms with Gasteiger partial charge in [0.2, 0.25) is 0 Å². The van der Waals surface area contributed by atoms with Crippen LogP contribution in [0, 0.1) is 16.7 Å². The van der Waals surface area contributed by atoms with Crippen LogP contribution in [0.1, 0.15) is 90.2 Å². The number of carbonyl (C=O) groups is 5. The minimum absolute atomic E-state index is 0.0714. The van der Waals surface area contributed by atoms with Crippen LogP contribution in [-0.2, 0) is 38.1 Å². The molecule has 6 rings (SSSR count). The summed E-state index contributed by atoms with van der Waals surface area (Å²) in [5.41, 5.74) is -8.44. The number of aliphatic hydroxyl groups is 4. The Morgan fingerprint density at radius 3 is 2.18 bits per heavy atom. The number of para-hydroxylation sites is 1. The molecule has 3 fully saturated rings. The van der Waals surface area contributed by atoms with Crippen LogP contribution in [0.2, 0.25) is 0 Å². The first-order valence-electron chi connectivity index (χ1n) is 19.9. The first kappa shape index (κ1) is 44.7. The van der Waals surface area contributed by atoms with Crippen molar-refractivity contribution in [1.82, 2.24) is 5.32 Å². The van der Waals surface area contributed by atoms with Crippen LogP contribution >= 0.6 is 0 Å². The molecule has 0 spiro atoms. The minimum Gasteiger partial charge on any atom is -0.496 e. The Labute approximate surface area is 348 Å². The van der Waals surface area contributed by atoms with Crippen LogP contribution in [0.3, 0.4) is 0 Å². The van der Waals surface area contributed by atoms with Crippen molar-refractivity contribution in [2.75, 3.05) is 13.7 Å². The highest BCUT2D eigenvalue weighted by atomic mass is 16.6. The molecule has 326 valence electrons. The van der Waals surface area contributed by atoms with Gasteiger partial charge in [-0.1, -0.05) is 50.2 Å². The Hall–Kier alpha value is -4.87. The summed E-state index contributed by atoms with van der Waals surface area (Å²) >= 11 is 0. The number of rotatable bonds is 9. The first-order valence-corrected chi connectivity index (χ1v) is 19.9. The van der Waals surface area contributed by atoms with E-state index in [1.807, 2.05) is 0 Å². The van der Waals surface area contributed by atoms with Crippen molar-refractivity contribution in [2.24, 2.45) is 16.7 Å². The van der Waals surface area contributed by atoms with Crippen LogP contribution in [0.4, 0.5) is 4.79 Å². The van der Waals surface area contributed by atoms with Crippen LogP contribution < -0.4 is 10.1 Å². The third-order valence-electron chi connectivity index (χ3n) is 12.9. The van der Waals surface area contributed by atoms with Gasteiger partial charge in [-0.15, -0.1) is 0 Å². The van der Waals surface area contributed by atoms with Crippen LogP contribution in [0.5, 0.6) is 5.75 Å². The van der Waals surface area contributed by atoms with Gasteiger partial charge in [0.1, 0.15) is 41.4 Å². The molecule has 0 unspecified atom stereocenters. The highest BCUT2D eigenvalue weighted by Gasteiger charge is 2.78. The summed E-state index contributed by atoms with van der Waals surface area (Å²) in [6.07, 6.45) is -11.7. The zero-order valence-corrected chi connectivity index (χ0v) is 35.2. The van der Waals surface area contributed by atoms with Crippen molar-refractivity contribution in [3.63, 3.8) is 0 Å². The number of nitrogens with one attached hydrogen (secondary N) is 1. The number of aliphatic hydroxyl groups excluding tert-OH is 3. The molecular weight excluding hydrogens is 782 g/mol. The largest absolute Gasteiger partial charge is 0.496 e. The minimum atomic E-state index is -2.38. The second-order valence-corrected chi connectivity index (χ2v) is 17.9. The zero-order chi connectivity index (χ0) is 44.3. The average Bonchev–Trinajstić information content (AvgIpc) is 3.17. The number of hydrogen-bond donors (Lipinski definition) is 5. The van der Waals surface area contributed by atoms with E-state index >= 15 is 0 Å². The molecular formula is C44H55NO15. The van der Waals surface area contributed by atoms with E-state index < -0.39 is 112 Å². The highest BCUT2D eigenvalue weighted by Crippen LogP contribution is 2.64. The number of methoxy groups -OCH3 is 1. The van der Waals surface area contributed by atoms with E-state index in [2.05, 4.69) is 5.32 Å². The molecule has 1 aliphatic heterocycles. The lowest BCUT2D eigenvalue weighted by atomic mass is 9.44. The van der Waals surface area contributed by atoms with E-state index in [-0.39, 0.29) is 41.1 Å². The summed E-state index contributed by atoms with van der Waals surface area (Å²) in [5.74, 6) is -5.24. The quantitative estimate of drug-likeness (QED) is 0.139. The number of benzene rings is 2. The number of Topliss-reactive ketones (excluding diaryl/α,β-unsaturated/α-hetero) is 1. The number of fused-ring (bicyclic) bond motifs is 5. The van der Waals surface area contributed by atoms with Crippen molar-refractivity contribution >= 4 is 29.8 Å². The van der Waals surface area contributed by atoms with Gasteiger partial charge in [-0.3, -0.25) is 9.59 Å². The van der Waals surface area contributed by atoms with Gasteiger partial charge in [0.25, 0.3) is 0 Å². The van der Waals surface area contributed by atoms with Crippen LogP contribution in [-0.4, -0.2) is 117 Å². The Morgan fingerprint density at radius 2 is 1.60 bits per heavy atom. The average molecular weight is 838 g/mol. The normalized spacial score (nSPS) is 32.9. The third kappa shape index (κ3) is 7.35. The summed E-state index contributed by atoms with van der Waals surface area (Å²) in [6, 6.07) is 12.7. The van der Waals surface area contributed by atoms with Crippen molar-refractivity contribution in [2.45, 2.75) is 128 Å². The molecule has 2 aromatic rings. The maximum Gasteiger partial charge on any atom is 0.408 e. The summed E-state index contributed by atoms with van der Waals surface area (Å²) in [6.45, 7) is 11.7. The SMILES string of the molecule is COc1ccccc1[C@H](NC(=O)OC(C)(C)C)[C@@H](O)C(=O)O[C@H]1C[C@@]2(O)[C@@H](OC(=O)c3ccccc3)[C@@H]3[C@]4(OC(C)=O)CO[C@@H]4C[C@H](O)[C@@]3(C)C(=O)[C@H](O)C(=C1C)C2(C)C. The molecule has 5 N–H and O–H groups in total. The second-order valence-electron chi connectivity index (χ2n) is 17.9. The van der Waals surface area contributed by atoms with Gasteiger partial charge in [0.15, 0.2) is 17.5 Å². The maximum absolute atomic E-state index is 15.0. The van der Waals surface area contributed by atoms with E-state index in [0.717, 1.165) is 6.92 Å². The standard InChI is InChI=1S/C44H55NO15/c1-22-27(57-38(52)33(49)31(45-39(53)60-40(3,4)5)25-17-13-14-18-26(25)55-9)20-44(54)36(58-37(51)24-15-11-10-12-16-24)34-42(8,35(50)32(48)30(22)41(44,6)7)28(47)19-29-43(34,21-56-29)59-23(2)46/h10-18,27-29,31-34,36,47-49,54H,19-21H2,1-9H3,(H,45,53)/t27-,28-,29+,31-,32+,33+,34-,36-,42+,43-,44+/m0/s1. The number of esters is 3. The molecule has 3 aliphatic carbocycles. The smallest absolute Gasteiger partial charge is 0.408 e. The van der Waals surface area contributed by atoms with Crippen molar-refractivity contribution < 1.29 is 72.8 Å². The van der Waals surface area contributed by atoms with Crippen molar-refractivity contribution in [3.05, 3.63) is 76.9 Å². The lowest BCUT2D eigenvalue weighted by Gasteiger charge is -2.67. The summed E-state index contributed by atoms with van der Waals surface area (Å²) < 4.78 is 35.1. The lowest BCUT2D eigenvalue weighted by molar-refractivity contribution is -0.346. The number of amides is 1. The van der Waals surface area contributed by atoms with Gasteiger partial charge < -0.3 is 54.2 Å². The van der Waals surface area contributed by atoms with E-state index in [9.17, 15) is 44.4 Å². The molecule has 1 amide bonds. The fourth-order valence-corrected chi connectivity index (χ4v) is 9.80. The Balaban J connectivity index is 1.50. The molecule has 60 heavy (non-hydrogen) atoms. The summed E-state index contributed by atoms with van der Waals surface area (Å²) in [4.78, 5) is 69.4. The fourth-order valence-electron chi connectivity index (χ4n) is 9.80. The second kappa shape index (κ2) is 15.9. The van der Waals surface area contributed by atoms with Gasteiger partial charge >= 0.3 is 24.0 Å². The van der Waals surface area contributed by atoms with Crippen LogP contribution in [0.15, 0.2) is 65.7 Å². The molecule has 0 aromatic heterocycles. The van der Waals surface area contributed by atoms with Gasteiger partial charge in [-0.25, -0.2) is 14.4 Å². The third-order valence-corrected chi connectivity index (χ3v) is 12.9. The van der Waals surface area contributed by atoms with E-state index in [0.29, 0.717) is 0 Å². The first-order chi connectivity index (χ1) is 27.9. The Morgan fingerprint density at radius 1 is 0.967 bits per heavy atom. The molecule has 0 radical (unpaired) electrons. The molecule has 2 saturated carbocycles. The Kier molecular flexibility index (Phi) is 11.8. The molecule has 2 aromatic carbocycles. The van der Waals surface area contributed by atoms with Gasteiger partial charge in [0.05, 0.1) is 42.8 Å². The Bertz CT molecular complexity index is 2060. The molecule has 11 atom stereocenters. The van der Waals surface area contributed by atoms with Crippen molar-refractivity contribution in [1.29, 1.82) is 0 Å². The molecule has 4 aliphatic rings. The molecule has 2 bridgehead atoms. The molecule has 1 saturated heterocycles. The molecule has 1 heterocycles. The number of ketones is 1.